The molecule has 0 aliphatic rings. The SMILES string of the molecule is COc1cc(Cl)c(C)cc1NC(=O)Nc1cc(O)cc(O)c1. The van der Waals surface area contributed by atoms with Gasteiger partial charge in [-0.05, 0) is 18.6 Å². The zero-order chi connectivity index (χ0) is 16.3. The number of nitrogens with one attached hydrogen (secondary N) is 2. The van der Waals surface area contributed by atoms with Crippen LogP contribution in [0.4, 0.5) is 16.2 Å². The standard InChI is InChI=1S/C15H15ClN2O4/c1-8-3-13(14(22-2)7-12(8)16)18-15(21)17-9-4-10(19)6-11(20)5-9/h3-7,19-20H,1-2H3,(H2,17,18,21). The van der Waals surface area contributed by atoms with Crippen LogP contribution in [0.2, 0.25) is 5.02 Å². The summed E-state index contributed by atoms with van der Waals surface area (Å²) in [4.78, 5) is 12.0. The zero-order valence-corrected chi connectivity index (χ0v) is 12.7. The molecular weight excluding hydrogens is 308 g/mol. The second-order valence-corrected chi connectivity index (χ2v) is 5.03. The molecule has 2 aromatic rings. The van der Waals surface area contributed by atoms with E-state index in [9.17, 15) is 15.0 Å². The number of methoxy groups -OCH3 is 1. The van der Waals surface area contributed by atoms with Crippen LogP contribution in [0, 0.1) is 6.92 Å². The summed E-state index contributed by atoms with van der Waals surface area (Å²) in [5.41, 5.74) is 1.48. The number of urea groups is 1. The van der Waals surface area contributed by atoms with Crippen molar-refractivity contribution < 1.29 is 19.7 Å². The summed E-state index contributed by atoms with van der Waals surface area (Å²) in [6.45, 7) is 1.80. The van der Waals surface area contributed by atoms with Gasteiger partial charge >= 0.3 is 6.03 Å². The lowest BCUT2D eigenvalue weighted by atomic mass is 10.2. The second kappa shape index (κ2) is 6.44. The average Bonchev–Trinajstić information content (AvgIpc) is 2.41. The summed E-state index contributed by atoms with van der Waals surface area (Å²) in [6.07, 6.45) is 0. The Morgan fingerprint density at radius 2 is 1.73 bits per heavy atom. The van der Waals surface area contributed by atoms with Gasteiger partial charge in [-0.3, -0.25) is 0 Å². The van der Waals surface area contributed by atoms with Crippen LogP contribution in [0.5, 0.6) is 17.2 Å². The first-order chi connectivity index (χ1) is 10.4. The minimum Gasteiger partial charge on any atom is -0.508 e. The van der Waals surface area contributed by atoms with E-state index in [2.05, 4.69) is 10.6 Å². The van der Waals surface area contributed by atoms with E-state index in [1.807, 2.05) is 0 Å². The van der Waals surface area contributed by atoms with E-state index in [-0.39, 0.29) is 17.2 Å². The van der Waals surface area contributed by atoms with E-state index < -0.39 is 6.03 Å². The van der Waals surface area contributed by atoms with Crippen molar-refractivity contribution in [3.8, 4) is 17.2 Å². The van der Waals surface area contributed by atoms with E-state index in [0.717, 1.165) is 11.6 Å². The number of carbonyl (C=O) groups excluding carboxylic acids is 1. The van der Waals surface area contributed by atoms with Gasteiger partial charge in [0, 0.05) is 35.0 Å². The first kappa shape index (κ1) is 15.8. The quantitative estimate of drug-likeness (QED) is 0.693. The molecule has 22 heavy (non-hydrogen) atoms. The molecule has 4 N–H and O–H groups in total. The molecule has 0 atom stereocenters. The Hall–Kier alpha value is -2.60. The van der Waals surface area contributed by atoms with Crippen molar-refractivity contribution in [3.63, 3.8) is 0 Å². The second-order valence-electron chi connectivity index (χ2n) is 4.62. The Morgan fingerprint density at radius 1 is 1.09 bits per heavy atom. The predicted octanol–water partition coefficient (Wildman–Crippen LogP) is 3.71. The van der Waals surface area contributed by atoms with Gasteiger partial charge in [0.25, 0.3) is 0 Å². The summed E-state index contributed by atoms with van der Waals surface area (Å²) in [5, 5.41) is 24.4. The summed E-state index contributed by atoms with van der Waals surface area (Å²) in [5.74, 6) is 0.106. The number of carbonyl (C=O) groups is 1. The van der Waals surface area contributed by atoms with Crippen LogP contribution in [0.1, 0.15) is 5.56 Å². The third kappa shape index (κ3) is 3.73. The highest BCUT2D eigenvalue weighted by atomic mass is 35.5. The number of hydrogen-bond donors (Lipinski definition) is 4. The number of rotatable bonds is 3. The Labute approximate surface area is 132 Å². The number of hydrogen-bond acceptors (Lipinski definition) is 4. The van der Waals surface area contributed by atoms with Gasteiger partial charge in [-0.2, -0.15) is 0 Å². The van der Waals surface area contributed by atoms with E-state index in [4.69, 9.17) is 16.3 Å². The molecule has 2 rings (SSSR count). The monoisotopic (exact) mass is 322 g/mol. The molecule has 0 aliphatic carbocycles. The number of phenolic OH excluding ortho intramolecular Hbond substituents is 2. The molecule has 7 heteroatoms. The number of amides is 2. The lowest BCUT2D eigenvalue weighted by Crippen LogP contribution is -2.19. The summed E-state index contributed by atoms with van der Waals surface area (Å²) >= 11 is 6.00. The molecule has 0 unspecified atom stereocenters. The van der Waals surface area contributed by atoms with Crippen molar-refractivity contribution in [2.75, 3.05) is 17.7 Å². The lowest BCUT2D eigenvalue weighted by molar-refractivity contribution is 0.262. The molecule has 6 nitrogen and oxygen atoms in total. The Balaban J connectivity index is 2.17. The van der Waals surface area contributed by atoms with Crippen LogP contribution in [0.3, 0.4) is 0 Å². The highest BCUT2D eigenvalue weighted by molar-refractivity contribution is 6.31. The van der Waals surface area contributed by atoms with Crippen LogP contribution in [0.15, 0.2) is 30.3 Å². The van der Waals surface area contributed by atoms with E-state index in [0.29, 0.717) is 16.5 Å². The van der Waals surface area contributed by atoms with Crippen LogP contribution < -0.4 is 15.4 Å². The normalized spacial score (nSPS) is 10.1. The maximum atomic E-state index is 12.0. The van der Waals surface area contributed by atoms with Crippen molar-refractivity contribution in [2.24, 2.45) is 0 Å². The number of halogens is 1. The largest absolute Gasteiger partial charge is 0.508 e. The number of ether oxygens (including phenoxy) is 1. The van der Waals surface area contributed by atoms with Gasteiger partial charge in [0.05, 0.1) is 12.8 Å². The molecular formula is C15H15ClN2O4. The summed E-state index contributed by atoms with van der Waals surface area (Å²) in [6, 6.07) is 6.51. The molecule has 0 radical (unpaired) electrons. The molecule has 116 valence electrons. The van der Waals surface area contributed by atoms with Gasteiger partial charge in [0.2, 0.25) is 0 Å². The Morgan fingerprint density at radius 3 is 2.32 bits per heavy atom. The first-order valence-corrected chi connectivity index (χ1v) is 6.72. The molecule has 0 fully saturated rings. The third-order valence-electron chi connectivity index (χ3n) is 2.89. The minimum atomic E-state index is -0.551. The molecule has 0 bridgehead atoms. The Kier molecular flexibility index (Phi) is 4.62. The fraction of sp³-hybridized carbons (Fsp3) is 0.133. The molecule has 2 aromatic carbocycles. The predicted molar refractivity (Wildman–Crippen MR) is 85.2 cm³/mol. The smallest absolute Gasteiger partial charge is 0.323 e. The minimum absolute atomic E-state index is 0.157. The molecule has 0 saturated heterocycles. The average molecular weight is 323 g/mol. The van der Waals surface area contributed by atoms with Gasteiger partial charge in [0.15, 0.2) is 0 Å². The summed E-state index contributed by atoms with van der Waals surface area (Å²) < 4.78 is 5.16. The highest BCUT2D eigenvalue weighted by Gasteiger charge is 2.11. The Bertz CT molecular complexity index is 699. The van der Waals surface area contributed by atoms with Crippen molar-refractivity contribution in [1.29, 1.82) is 0 Å². The number of phenols is 2. The lowest BCUT2D eigenvalue weighted by Gasteiger charge is -2.13. The highest BCUT2D eigenvalue weighted by Crippen LogP contribution is 2.31. The third-order valence-corrected chi connectivity index (χ3v) is 3.30. The summed E-state index contributed by atoms with van der Waals surface area (Å²) in [7, 11) is 1.47. The molecule has 0 spiro atoms. The van der Waals surface area contributed by atoms with Crippen molar-refractivity contribution in [1.82, 2.24) is 0 Å². The molecule has 0 heterocycles. The maximum absolute atomic E-state index is 12.0. The van der Waals surface area contributed by atoms with E-state index in [1.165, 1.54) is 19.2 Å². The number of aromatic hydroxyl groups is 2. The molecule has 2 amide bonds. The van der Waals surface area contributed by atoms with Gasteiger partial charge in [-0.1, -0.05) is 11.6 Å². The topological polar surface area (TPSA) is 90.8 Å². The van der Waals surface area contributed by atoms with Gasteiger partial charge < -0.3 is 25.6 Å². The fourth-order valence-electron chi connectivity index (χ4n) is 1.88. The van der Waals surface area contributed by atoms with E-state index in [1.54, 1.807) is 19.1 Å². The first-order valence-electron chi connectivity index (χ1n) is 6.34. The molecule has 0 aromatic heterocycles. The zero-order valence-electron chi connectivity index (χ0n) is 12.0. The van der Waals surface area contributed by atoms with Gasteiger partial charge in [0.1, 0.15) is 17.2 Å². The number of aryl methyl sites for hydroxylation is 1. The fourth-order valence-corrected chi connectivity index (χ4v) is 2.04. The molecule has 0 saturated carbocycles. The van der Waals surface area contributed by atoms with Gasteiger partial charge in [-0.25, -0.2) is 4.79 Å². The van der Waals surface area contributed by atoms with Crippen molar-refractivity contribution >= 4 is 29.0 Å². The van der Waals surface area contributed by atoms with Crippen LogP contribution >= 0.6 is 11.6 Å². The number of benzene rings is 2. The molecule has 0 aliphatic heterocycles. The van der Waals surface area contributed by atoms with Gasteiger partial charge in [-0.15, -0.1) is 0 Å². The van der Waals surface area contributed by atoms with Crippen molar-refractivity contribution in [3.05, 3.63) is 40.9 Å². The number of anilines is 2. The van der Waals surface area contributed by atoms with Crippen LogP contribution in [-0.2, 0) is 0 Å². The van der Waals surface area contributed by atoms with E-state index >= 15 is 0 Å². The maximum Gasteiger partial charge on any atom is 0.323 e. The van der Waals surface area contributed by atoms with Crippen LogP contribution in [-0.4, -0.2) is 23.4 Å². The van der Waals surface area contributed by atoms with Crippen molar-refractivity contribution in [2.45, 2.75) is 6.92 Å². The van der Waals surface area contributed by atoms with Crippen LogP contribution in [0.25, 0.3) is 0 Å².